The first-order valence-corrected chi connectivity index (χ1v) is 4.75. The first-order valence-electron chi connectivity index (χ1n) is 4.75. The van der Waals surface area contributed by atoms with Crippen LogP contribution in [0.4, 0.5) is 26.3 Å². The van der Waals surface area contributed by atoms with Crippen molar-refractivity contribution in [3.8, 4) is 0 Å². The fourth-order valence-electron chi connectivity index (χ4n) is 1.25. The van der Waals surface area contributed by atoms with Crippen LogP contribution in [0.2, 0.25) is 0 Å². The highest BCUT2D eigenvalue weighted by atomic mass is 19.4. The molecule has 0 bridgehead atoms. The predicted octanol–water partition coefficient (Wildman–Crippen LogP) is 3.12. The molecule has 1 heterocycles. The second kappa shape index (κ2) is 4.53. The first-order chi connectivity index (χ1) is 7.68. The Hall–Kier alpha value is -1.28. The summed E-state index contributed by atoms with van der Waals surface area (Å²) in [5, 5.41) is 5.15. The van der Waals surface area contributed by atoms with Crippen molar-refractivity contribution in [3.63, 3.8) is 0 Å². The van der Waals surface area contributed by atoms with E-state index < -0.39 is 30.5 Å². The van der Waals surface area contributed by atoms with E-state index in [1.165, 1.54) is 0 Å². The average Bonchev–Trinajstić information content (AvgIpc) is 2.56. The van der Waals surface area contributed by atoms with Crippen LogP contribution in [0.25, 0.3) is 0 Å². The van der Waals surface area contributed by atoms with Gasteiger partial charge in [0.15, 0.2) is 0 Å². The number of hydrogen-bond acceptors (Lipinski definition) is 2. The van der Waals surface area contributed by atoms with Gasteiger partial charge < -0.3 is 0 Å². The third-order valence-corrected chi connectivity index (χ3v) is 1.99. The second-order valence-electron chi connectivity index (χ2n) is 3.35. The molecular weight excluding hydrogens is 252 g/mol. The molecule has 0 aliphatic heterocycles. The molecule has 98 valence electrons. The van der Waals surface area contributed by atoms with Crippen LogP contribution >= 0.6 is 0 Å². The van der Waals surface area contributed by atoms with Crippen molar-refractivity contribution in [1.82, 2.24) is 14.8 Å². The lowest BCUT2D eigenvalue weighted by molar-refractivity contribution is -0.155. The molecule has 0 spiro atoms. The van der Waals surface area contributed by atoms with E-state index in [1.807, 2.05) is 0 Å². The maximum atomic E-state index is 12.4. The molecule has 1 rings (SSSR count). The summed E-state index contributed by atoms with van der Waals surface area (Å²) < 4.78 is 74.4. The number of hydrogen-bond donors (Lipinski definition) is 0. The maximum absolute atomic E-state index is 12.4. The molecule has 0 saturated heterocycles. The minimum absolute atomic E-state index is 0.0729. The molecular formula is C8H9F6N3. The van der Waals surface area contributed by atoms with Gasteiger partial charge in [-0.15, -0.1) is 10.2 Å². The van der Waals surface area contributed by atoms with E-state index in [2.05, 4.69) is 10.2 Å². The topological polar surface area (TPSA) is 30.7 Å². The number of nitrogens with zero attached hydrogens (tertiary/aromatic N) is 3. The van der Waals surface area contributed by atoms with Crippen LogP contribution in [0.15, 0.2) is 0 Å². The van der Waals surface area contributed by atoms with Crippen LogP contribution in [0.5, 0.6) is 0 Å². The van der Waals surface area contributed by atoms with Crippen molar-refractivity contribution < 1.29 is 26.3 Å². The summed E-state index contributed by atoms with van der Waals surface area (Å²) in [5.41, 5.74) is 0. The Morgan fingerprint density at radius 2 is 1.35 bits per heavy atom. The van der Waals surface area contributed by atoms with Gasteiger partial charge in [0, 0.05) is 6.54 Å². The van der Waals surface area contributed by atoms with Crippen molar-refractivity contribution in [3.05, 3.63) is 11.6 Å². The Morgan fingerprint density at radius 1 is 0.941 bits per heavy atom. The Morgan fingerprint density at radius 3 is 1.65 bits per heavy atom. The number of unbranched alkanes of at least 4 members (excludes halogenated alkanes) is 1. The van der Waals surface area contributed by atoms with Crippen LogP contribution in [0.3, 0.4) is 0 Å². The minimum atomic E-state index is -4.94. The molecule has 0 aliphatic rings. The van der Waals surface area contributed by atoms with Gasteiger partial charge in [-0.3, -0.25) is 4.57 Å². The maximum Gasteiger partial charge on any atom is 0.451 e. The largest absolute Gasteiger partial charge is 0.451 e. The van der Waals surface area contributed by atoms with E-state index in [4.69, 9.17) is 0 Å². The summed E-state index contributed by atoms with van der Waals surface area (Å²) in [5.74, 6) is -3.23. The lowest BCUT2D eigenvalue weighted by Gasteiger charge is -2.12. The van der Waals surface area contributed by atoms with E-state index >= 15 is 0 Å². The zero-order valence-electron chi connectivity index (χ0n) is 8.73. The molecule has 17 heavy (non-hydrogen) atoms. The van der Waals surface area contributed by atoms with Crippen LogP contribution in [0.1, 0.15) is 31.4 Å². The van der Waals surface area contributed by atoms with E-state index in [0.717, 1.165) is 0 Å². The van der Waals surface area contributed by atoms with Crippen LogP contribution in [-0.4, -0.2) is 14.8 Å². The molecule has 0 saturated carbocycles. The van der Waals surface area contributed by atoms with E-state index in [0.29, 0.717) is 6.42 Å². The molecule has 0 atom stereocenters. The fraction of sp³-hybridized carbons (Fsp3) is 0.750. The minimum Gasteiger partial charge on any atom is -0.300 e. The predicted molar refractivity (Wildman–Crippen MR) is 44.9 cm³/mol. The highest BCUT2D eigenvalue weighted by Crippen LogP contribution is 2.33. The lowest BCUT2D eigenvalue weighted by Crippen LogP contribution is -2.20. The van der Waals surface area contributed by atoms with Gasteiger partial charge in [-0.2, -0.15) is 26.3 Å². The molecule has 0 N–H and O–H groups in total. The number of rotatable bonds is 3. The SMILES string of the molecule is CCCCn1c(C(F)(F)F)nnc1C(F)(F)F. The molecule has 0 fully saturated rings. The molecule has 9 heteroatoms. The molecule has 0 radical (unpaired) electrons. The van der Waals surface area contributed by atoms with Gasteiger partial charge in [0.1, 0.15) is 0 Å². The number of halogens is 6. The number of alkyl halides is 6. The molecule has 3 nitrogen and oxygen atoms in total. The summed E-state index contributed by atoms with van der Waals surface area (Å²) in [7, 11) is 0. The fourth-order valence-corrected chi connectivity index (χ4v) is 1.25. The smallest absolute Gasteiger partial charge is 0.300 e. The highest BCUT2D eigenvalue weighted by Gasteiger charge is 2.44. The summed E-state index contributed by atoms with van der Waals surface area (Å²) in [4.78, 5) is 0. The zero-order valence-corrected chi connectivity index (χ0v) is 8.73. The Bertz CT molecular complexity index is 346. The van der Waals surface area contributed by atoms with Gasteiger partial charge in [0.05, 0.1) is 0 Å². The van der Waals surface area contributed by atoms with Gasteiger partial charge in [-0.05, 0) is 6.42 Å². The van der Waals surface area contributed by atoms with Gasteiger partial charge in [-0.1, -0.05) is 13.3 Å². The summed E-state index contributed by atoms with van der Waals surface area (Å²) in [6.45, 7) is 1.25. The highest BCUT2D eigenvalue weighted by molar-refractivity contribution is 5.02. The van der Waals surface area contributed by atoms with Gasteiger partial charge in [0.25, 0.3) is 0 Å². The zero-order chi connectivity index (χ0) is 13.3. The Balaban J connectivity index is 3.20. The van der Waals surface area contributed by atoms with Crippen molar-refractivity contribution in [2.45, 2.75) is 38.7 Å². The third-order valence-electron chi connectivity index (χ3n) is 1.99. The Kier molecular flexibility index (Phi) is 3.68. The van der Waals surface area contributed by atoms with Crippen molar-refractivity contribution in [2.24, 2.45) is 0 Å². The van der Waals surface area contributed by atoms with Crippen molar-refractivity contribution in [1.29, 1.82) is 0 Å². The molecule has 0 amide bonds. The average molecular weight is 261 g/mol. The van der Waals surface area contributed by atoms with E-state index in [9.17, 15) is 26.3 Å². The van der Waals surface area contributed by atoms with Crippen LogP contribution in [0, 0.1) is 0 Å². The van der Waals surface area contributed by atoms with Gasteiger partial charge in [0.2, 0.25) is 11.6 Å². The molecule has 1 aromatic heterocycles. The standard InChI is InChI=1S/C8H9F6N3/c1-2-3-4-17-5(7(9,10)11)15-16-6(17)8(12,13)14/h2-4H2,1H3. The third kappa shape index (κ3) is 3.10. The quantitative estimate of drug-likeness (QED) is 0.783. The van der Waals surface area contributed by atoms with E-state index in [1.54, 1.807) is 6.92 Å². The van der Waals surface area contributed by atoms with Crippen molar-refractivity contribution in [2.75, 3.05) is 0 Å². The summed E-state index contributed by atoms with van der Waals surface area (Å²) in [6, 6.07) is 0. The lowest BCUT2D eigenvalue weighted by atomic mass is 10.3. The molecule has 0 aliphatic carbocycles. The van der Waals surface area contributed by atoms with Gasteiger partial charge >= 0.3 is 12.4 Å². The summed E-state index contributed by atoms with van der Waals surface area (Å²) in [6.07, 6.45) is -9.23. The molecule has 1 aromatic rings. The number of aromatic nitrogens is 3. The van der Waals surface area contributed by atoms with Crippen LogP contribution < -0.4 is 0 Å². The summed E-state index contributed by atoms with van der Waals surface area (Å²) >= 11 is 0. The van der Waals surface area contributed by atoms with Crippen molar-refractivity contribution >= 4 is 0 Å². The normalized spacial score (nSPS) is 13.1. The molecule has 0 unspecified atom stereocenters. The molecule has 0 aromatic carbocycles. The Labute approximate surface area is 92.4 Å². The van der Waals surface area contributed by atoms with E-state index in [-0.39, 0.29) is 11.0 Å². The monoisotopic (exact) mass is 261 g/mol. The first kappa shape index (κ1) is 13.8. The second-order valence-corrected chi connectivity index (χ2v) is 3.35. The van der Waals surface area contributed by atoms with Crippen LogP contribution in [-0.2, 0) is 18.9 Å². The van der Waals surface area contributed by atoms with Gasteiger partial charge in [-0.25, -0.2) is 0 Å².